The Morgan fingerprint density at radius 2 is 2.00 bits per heavy atom. The number of para-hydroxylation sites is 1. The molecule has 0 atom stereocenters. The molecule has 0 aliphatic rings. The van der Waals surface area contributed by atoms with Crippen LogP contribution in [-0.2, 0) is 0 Å². The largest absolute Gasteiger partial charge is 0.492 e. The number of nitrogens with two attached hydrogens (primary N) is 1. The van der Waals surface area contributed by atoms with Gasteiger partial charge in [-0.05, 0) is 31.2 Å². The van der Waals surface area contributed by atoms with Crippen molar-refractivity contribution >= 4 is 24.0 Å². The number of aryl methyl sites for hydroxylation is 1. The first-order chi connectivity index (χ1) is 11.1. The minimum absolute atomic E-state index is 0.576. The van der Waals surface area contributed by atoms with Gasteiger partial charge >= 0.3 is 6.03 Å². The molecule has 2 aromatic rings. The molecule has 0 heterocycles. The molecule has 0 fully saturated rings. The van der Waals surface area contributed by atoms with Gasteiger partial charge in [-0.25, -0.2) is 10.2 Å². The zero-order chi connectivity index (χ0) is 16.5. The molecular weight excluding hydrogens is 310 g/mol. The van der Waals surface area contributed by atoms with Gasteiger partial charge in [-0.1, -0.05) is 29.8 Å². The van der Waals surface area contributed by atoms with Crippen LogP contribution < -0.4 is 15.9 Å². The topological polar surface area (TPSA) is 76.7 Å². The Morgan fingerprint density at radius 3 is 2.74 bits per heavy atom. The first-order valence-electron chi connectivity index (χ1n) is 7.15. The van der Waals surface area contributed by atoms with Gasteiger partial charge in [0.1, 0.15) is 5.75 Å². The number of nitrogens with zero attached hydrogens (tertiary/aromatic N) is 1. The Hall–Kier alpha value is -2.47. The second kappa shape index (κ2) is 8.85. The van der Waals surface area contributed by atoms with E-state index in [0.29, 0.717) is 12.4 Å². The highest BCUT2D eigenvalue weighted by Gasteiger charge is 2.01. The fourth-order valence-electron chi connectivity index (χ4n) is 1.83. The highest BCUT2D eigenvalue weighted by atomic mass is 32.2. The lowest BCUT2D eigenvalue weighted by Crippen LogP contribution is -2.24. The Labute approximate surface area is 139 Å². The lowest BCUT2D eigenvalue weighted by molar-refractivity contribution is 0.249. The van der Waals surface area contributed by atoms with E-state index in [1.165, 1.54) is 16.7 Å². The maximum Gasteiger partial charge on any atom is 0.332 e. The van der Waals surface area contributed by atoms with E-state index in [0.717, 1.165) is 11.3 Å². The van der Waals surface area contributed by atoms with E-state index in [1.807, 2.05) is 24.3 Å². The third kappa shape index (κ3) is 6.04. The highest BCUT2D eigenvalue weighted by Crippen LogP contribution is 2.20. The Bertz CT molecular complexity index is 672. The third-order valence-electron chi connectivity index (χ3n) is 2.93. The second-order valence-electron chi connectivity index (χ2n) is 4.78. The van der Waals surface area contributed by atoms with Crippen LogP contribution in [0.3, 0.4) is 0 Å². The zero-order valence-electron chi connectivity index (χ0n) is 12.9. The fraction of sp³-hybridized carbons (Fsp3) is 0.176. The summed E-state index contributed by atoms with van der Waals surface area (Å²) in [7, 11) is 0. The number of benzene rings is 2. The van der Waals surface area contributed by atoms with Gasteiger partial charge in [-0.15, -0.1) is 11.8 Å². The number of carbonyl (C=O) groups excluding carboxylic acids is 1. The van der Waals surface area contributed by atoms with Crippen molar-refractivity contribution in [1.82, 2.24) is 5.43 Å². The molecule has 0 bridgehead atoms. The lowest BCUT2D eigenvalue weighted by atomic mass is 10.2. The molecule has 0 radical (unpaired) electrons. The highest BCUT2D eigenvalue weighted by molar-refractivity contribution is 7.99. The quantitative estimate of drug-likeness (QED) is 0.354. The van der Waals surface area contributed by atoms with Crippen LogP contribution in [0.4, 0.5) is 4.79 Å². The number of hydrogen-bond donors (Lipinski definition) is 2. The van der Waals surface area contributed by atoms with Gasteiger partial charge in [-0.2, -0.15) is 5.10 Å². The number of urea groups is 1. The summed E-state index contributed by atoms with van der Waals surface area (Å²) in [5.41, 5.74) is 9.16. The number of rotatable bonds is 7. The van der Waals surface area contributed by atoms with E-state index in [4.69, 9.17) is 10.5 Å². The van der Waals surface area contributed by atoms with Gasteiger partial charge < -0.3 is 10.5 Å². The molecule has 2 amide bonds. The van der Waals surface area contributed by atoms with Crippen LogP contribution in [0, 0.1) is 6.92 Å². The number of hydrogen-bond acceptors (Lipinski definition) is 4. The van der Waals surface area contributed by atoms with Crippen LogP contribution in [-0.4, -0.2) is 24.6 Å². The average Bonchev–Trinajstić information content (AvgIpc) is 2.54. The van der Waals surface area contributed by atoms with Crippen LogP contribution in [0.25, 0.3) is 0 Å². The first-order valence-corrected chi connectivity index (χ1v) is 8.13. The molecule has 0 saturated heterocycles. The summed E-state index contributed by atoms with van der Waals surface area (Å²) in [6, 6.07) is 15.2. The van der Waals surface area contributed by atoms with E-state index >= 15 is 0 Å². The number of thioether (sulfide) groups is 1. The molecule has 2 aromatic carbocycles. The molecule has 0 unspecified atom stereocenters. The van der Waals surface area contributed by atoms with E-state index in [2.05, 4.69) is 41.7 Å². The molecule has 0 saturated carbocycles. The SMILES string of the molecule is Cc1ccc(SCCOc2ccccc2/C=N/NC(N)=O)cc1. The second-order valence-corrected chi connectivity index (χ2v) is 5.95. The standard InChI is InChI=1S/C17H19N3O2S/c1-13-6-8-15(9-7-13)23-11-10-22-16-5-3-2-4-14(16)12-19-20-17(18)21/h2-9,12H,10-11H2,1H3,(H3,18,20,21)/b19-12+. The number of amides is 2. The number of ether oxygens (including phenoxy) is 1. The molecular formula is C17H19N3O2S. The maximum absolute atomic E-state index is 10.6. The normalized spacial score (nSPS) is 10.7. The van der Waals surface area contributed by atoms with Crippen molar-refractivity contribution in [3.8, 4) is 5.75 Å². The van der Waals surface area contributed by atoms with Crippen molar-refractivity contribution in [2.24, 2.45) is 10.8 Å². The predicted octanol–water partition coefficient (Wildman–Crippen LogP) is 3.17. The summed E-state index contributed by atoms with van der Waals surface area (Å²) in [5, 5.41) is 3.75. The third-order valence-corrected chi connectivity index (χ3v) is 3.90. The number of carbonyl (C=O) groups is 1. The van der Waals surface area contributed by atoms with Gasteiger partial charge in [-0.3, -0.25) is 0 Å². The van der Waals surface area contributed by atoms with Crippen molar-refractivity contribution in [3.63, 3.8) is 0 Å². The molecule has 0 spiro atoms. The minimum atomic E-state index is -0.700. The lowest BCUT2D eigenvalue weighted by Gasteiger charge is -2.09. The van der Waals surface area contributed by atoms with E-state index < -0.39 is 6.03 Å². The van der Waals surface area contributed by atoms with Gasteiger partial charge in [0.15, 0.2) is 0 Å². The molecule has 120 valence electrons. The molecule has 0 aromatic heterocycles. The van der Waals surface area contributed by atoms with Crippen molar-refractivity contribution in [2.75, 3.05) is 12.4 Å². The van der Waals surface area contributed by atoms with Crippen molar-refractivity contribution in [3.05, 3.63) is 59.7 Å². The van der Waals surface area contributed by atoms with Gasteiger partial charge in [0.05, 0.1) is 12.8 Å². The van der Waals surface area contributed by atoms with Crippen molar-refractivity contribution < 1.29 is 9.53 Å². The summed E-state index contributed by atoms with van der Waals surface area (Å²) < 4.78 is 5.78. The van der Waals surface area contributed by atoms with E-state index in [9.17, 15) is 4.79 Å². The van der Waals surface area contributed by atoms with Crippen molar-refractivity contribution in [2.45, 2.75) is 11.8 Å². The van der Waals surface area contributed by atoms with Crippen LogP contribution in [0.1, 0.15) is 11.1 Å². The van der Waals surface area contributed by atoms with Crippen LogP contribution in [0.15, 0.2) is 58.5 Å². The summed E-state index contributed by atoms with van der Waals surface area (Å²) in [4.78, 5) is 11.8. The maximum atomic E-state index is 10.6. The van der Waals surface area contributed by atoms with Crippen LogP contribution in [0.5, 0.6) is 5.75 Å². The number of nitrogens with one attached hydrogen (secondary N) is 1. The molecule has 23 heavy (non-hydrogen) atoms. The smallest absolute Gasteiger partial charge is 0.332 e. The average molecular weight is 329 g/mol. The predicted molar refractivity (Wildman–Crippen MR) is 94.2 cm³/mol. The van der Waals surface area contributed by atoms with Gasteiger partial charge in [0, 0.05) is 16.2 Å². The Kier molecular flexibility index (Phi) is 6.50. The van der Waals surface area contributed by atoms with Gasteiger partial charge in [0.25, 0.3) is 0 Å². The molecule has 3 N–H and O–H groups in total. The number of hydrazone groups is 1. The fourth-order valence-corrected chi connectivity index (χ4v) is 2.56. The zero-order valence-corrected chi connectivity index (χ0v) is 13.7. The molecule has 0 aliphatic heterocycles. The molecule has 5 nitrogen and oxygen atoms in total. The molecule has 6 heteroatoms. The van der Waals surface area contributed by atoms with Crippen molar-refractivity contribution in [1.29, 1.82) is 0 Å². The summed E-state index contributed by atoms with van der Waals surface area (Å²) in [5.74, 6) is 1.56. The molecule has 2 rings (SSSR count). The summed E-state index contributed by atoms with van der Waals surface area (Å²) in [6.45, 7) is 2.65. The minimum Gasteiger partial charge on any atom is -0.492 e. The molecule has 0 aliphatic carbocycles. The summed E-state index contributed by atoms with van der Waals surface area (Å²) in [6.07, 6.45) is 1.51. The first kappa shape index (κ1) is 16.9. The van der Waals surface area contributed by atoms with Crippen LogP contribution in [0.2, 0.25) is 0 Å². The Balaban J connectivity index is 1.84. The van der Waals surface area contributed by atoms with E-state index in [-0.39, 0.29) is 0 Å². The number of primary amides is 1. The monoisotopic (exact) mass is 329 g/mol. The van der Waals surface area contributed by atoms with Crippen LogP contribution >= 0.6 is 11.8 Å². The van der Waals surface area contributed by atoms with Gasteiger partial charge in [0.2, 0.25) is 0 Å². The summed E-state index contributed by atoms with van der Waals surface area (Å²) >= 11 is 1.74. The van der Waals surface area contributed by atoms with E-state index in [1.54, 1.807) is 11.8 Å². The Morgan fingerprint density at radius 1 is 1.26 bits per heavy atom.